The maximum absolute atomic E-state index is 11.4. The summed E-state index contributed by atoms with van der Waals surface area (Å²) >= 11 is 0. The first kappa shape index (κ1) is 11.2. The molecule has 0 amide bonds. The molecule has 0 aromatic carbocycles. The van der Waals surface area contributed by atoms with E-state index in [4.69, 9.17) is 10.00 Å². The number of hydrogen-bond donors (Lipinski definition) is 0. The number of carbonyl (C=O) groups is 1. The maximum atomic E-state index is 11.4. The highest BCUT2D eigenvalue weighted by atomic mass is 16.5. The highest BCUT2D eigenvalue weighted by Crippen LogP contribution is 2.11. The summed E-state index contributed by atoms with van der Waals surface area (Å²) < 4.78 is 6.39. The third-order valence-electron chi connectivity index (χ3n) is 1.86. The third kappa shape index (κ3) is 2.34. The van der Waals surface area contributed by atoms with Gasteiger partial charge in [-0.15, -0.1) is 0 Å². The molecule has 0 saturated heterocycles. The fourth-order valence-electron chi connectivity index (χ4n) is 1.10. The van der Waals surface area contributed by atoms with E-state index in [1.165, 1.54) is 0 Å². The molecule has 0 aliphatic rings. The number of nitriles is 1. The molecule has 0 radical (unpaired) electrons. The first-order chi connectivity index (χ1) is 7.10. The molecule has 5 nitrogen and oxygen atoms in total. The van der Waals surface area contributed by atoms with E-state index >= 15 is 0 Å². The molecule has 0 aliphatic carbocycles. The van der Waals surface area contributed by atoms with Crippen LogP contribution in [0, 0.1) is 11.3 Å². The van der Waals surface area contributed by atoms with Gasteiger partial charge in [0.15, 0.2) is 5.69 Å². The largest absolute Gasteiger partial charge is 0.462 e. The summed E-state index contributed by atoms with van der Waals surface area (Å²) in [7, 11) is 0. The Hall–Kier alpha value is -1.83. The van der Waals surface area contributed by atoms with E-state index in [1.54, 1.807) is 17.8 Å². The van der Waals surface area contributed by atoms with Crippen molar-refractivity contribution in [1.82, 2.24) is 9.78 Å². The van der Waals surface area contributed by atoms with Crippen LogP contribution in [0.25, 0.3) is 0 Å². The molecule has 0 unspecified atom stereocenters. The van der Waals surface area contributed by atoms with Crippen LogP contribution in [-0.2, 0) is 4.74 Å². The van der Waals surface area contributed by atoms with E-state index in [0.717, 1.165) is 0 Å². The zero-order valence-corrected chi connectivity index (χ0v) is 9.02. The van der Waals surface area contributed by atoms with Gasteiger partial charge in [-0.1, -0.05) is 0 Å². The fraction of sp³-hybridized carbons (Fsp3) is 0.500. The lowest BCUT2D eigenvalue weighted by Crippen LogP contribution is -2.05. The molecule has 0 aliphatic heterocycles. The Kier molecular flexibility index (Phi) is 3.45. The van der Waals surface area contributed by atoms with Gasteiger partial charge in [-0.2, -0.15) is 10.4 Å². The monoisotopic (exact) mass is 207 g/mol. The average molecular weight is 207 g/mol. The summed E-state index contributed by atoms with van der Waals surface area (Å²) in [6.07, 6.45) is 1.54. The zero-order chi connectivity index (χ0) is 11.4. The van der Waals surface area contributed by atoms with Crippen molar-refractivity contribution in [2.45, 2.75) is 26.8 Å². The quantitative estimate of drug-likeness (QED) is 0.704. The Labute approximate surface area is 88.3 Å². The van der Waals surface area contributed by atoms with Crippen LogP contribution in [-0.4, -0.2) is 22.4 Å². The Morgan fingerprint density at radius 1 is 1.73 bits per heavy atom. The summed E-state index contributed by atoms with van der Waals surface area (Å²) in [5.41, 5.74) is 0.343. The Morgan fingerprint density at radius 3 is 2.87 bits per heavy atom. The van der Waals surface area contributed by atoms with E-state index in [-0.39, 0.29) is 23.9 Å². The summed E-state index contributed by atoms with van der Waals surface area (Å²) in [5.74, 6) is -0.499. The Balaban J connectivity index is 3.07. The van der Waals surface area contributed by atoms with Gasteiger partial charge in [-0.3, -0.25) is 4.68 Å². The molecule has 1 heterocycles. The minimum atomic E-state index is -0.499. The van der Waals surface area contributed by atoms with E-state index in [2.05, 4.69) is 5.10 Å². The minimum Gasteiger partial charge on any atom is -0.462 e. The number of esters is 1. The lowest BCUT2D eigenvalue weighted by molar-refractivity contribution is 0.0526. The maximum Gasteiger partial charge on any atom is 0.342 e. The van der Waals surface area contributed by atoms with Crippen molar-refractivity contribution in [3.8, 4) is 6.07 Å². The lowest BCUT2D eigenvalue weighted by atomic mass is 10.2. The van der Waals surface area contributed by atoms with Gasteiger partial charge in [0.05, 0.1) is 6.61 Å². The van der Waals surface area contributed by atoms with E-state index in [0.29, 0.717) is 0 Å². The molecule has 1 rings (SSSR count). The van der Waals surface area contributed by atoms with Gasteiger partial charge in [0, 0.05) is 12.2 Å². The van der Waals surface area contributed by atoms with E-state index in [9.17, 15) is 4.79 Å². The molecule has 1 aromatic rings. The number of carbonyl (C=O) groups excluding carboxylic acids is 1. The van der Waals surface area contributed by atoms with Crippen LogP contribution in [0.3, 0.4) is 0 Å². The first-order valence-electron chi connectivity index (χ1n) is 4.76. The number of aromatic nitrogens is 2. The Morgan fingerprint density at radius 2 is 2.40 bits per heavy atom. The summed E-state index contributed by atoms with van der Waals surface area (Å²) in [6, 6.07) is 1.99. The highest BCUT2D eigenvalue weighted by molar-refractivity contribution is 5.91. The van der Waals surface area contributed by atoms with Gasteiger partial charge in [0.25, 0.3) is 0 Å². The summed E-state index contributed by atoms with van der Waals surface area (Å²) in [5, 5.41) is 12.8. The van der Waals surface area contributed by atoms with Crippen LogP contribution in [0.1, 0.15) is 42.9 Å². The van der Waals surface area contributed by atoms with E-state index in [1.807, 2.05) is 19.9 Å². The zero-order valence-electron chi connectivity index (χ0n) is 9.02. The first-order valence-corrected chi connectivity index (χ1v) is 4.76. The standard InChI is InChI=1S/C10H13N3O2/c1-4-15-10(14)8-6-13(7(2)3)12-9(8)5-11/h6-7H,4H2,1-3H3. The molecule has 0 saturated carbocycles. The average Bonchev–Trinajstić information content (AvgIpc) is 2.61. The number of ether oxygens (including phenoxy) is 1. The second-order valence-corrected chi connectivity index (χ2v) is 3.30. The number of nitrogens with zero attached hydrogens (tertiary/aromatic N) is 3. The minimum absolute atomic E-state index is 0.111. The molecule has 0 atom stereocenters. The number of rotatable bonds is 3. The SMILES string of the molecule is CCOC(=O)c1cn(C(C)C)nc1C#N. The molecule has 15 heavy (non-hydrogen) atoms. The van der Waals surface area contributed by atoms with E-state index < -0.39 is 5.97 Å². The smallest absolute Gasteiger partial charge is 0.342 e. The number of hydrogen-bond acceptors (Lipinski definition) is 4. The predicted molar refractivity (Wildman–Crippen MR) is 53.3 cm³/mol. The van der Waals surface area contributed by atoms with Crippen LogP contribution in [0.15, 0.2) is 6.20 Å². The highest BCUT2D eigenvalue weighted by Gasteiger charge is 2.17. The van der Waals surface area contributed by atoms with Gasteiger partial charge in [-0.25, -0.2) is 4.79 Å². The molecule has 1 aromatic heterocycles. The Bertz CT molecular complexity index is 401. The van der Waals surface area contributed by atoms with Crippen molar-refractivity contribution in [3.05, 3.63) is 17.5 Å². The van der Waals surface area contributed by atoms with Gasteiger partial charge < -0.3 is 4.74 Å². The van der Waals surface area contributed by atoms with Crippen molar-refractivity contribution in [3.63, 3.8) is 0 Å². The van der Waals surface area contributed by atoms with Crippen molar-refractivity contribution in [2.75, 3.05) is 6.61 Å². The van der Waals surface area contributed by atoms with Crippen molar-refractivity contribution in [1.29, 1.82) is 5.26 Å². The van der Waals surface area contributed by atoms with Gasteiger partial charge in [0.2, 0.25) is 0 Å². The van der Waals surface area contributed by atoms with Crippen molar-refractivity contribution < 1.29 is 9.53 Å². The second-order valence-electron chi connectivity index (χ2n) is 3.30. The van der Waals surface area contributed by atoms with Crippen LogP contribution in [0.4, 0.5) is 0 Å². The molecule has 0 fully saturated rings. The molecule has 80 valence electrons. The van der Waals surface area contributed by atoms with Crippen LogP contribution in [0.5, 0.6) is 0 Å². The van der Waals surface area contributed by atoms with Gasteiger partial charge in [-0.05, 0) is 20.8 Å². The topological polar surface area (TPSA) is 67.9 Å². The van der Waals surface area contributed by atoms with Gasteiger partial charge >= 0.3 is 5.97 Å². The van der Waals surface area contributed by atoms with Gasteiger partial charge in [0.1, 0.15) is 11.6 Å². The lowest BCUT2D eigenvalue weighted by Gasteiger charge is -2.02. The van der Waals surface area contributed by atoms with Crippen molar-refractivity contribution >= 4 is 5.97 Å². The fourth-order valence-corrected chi connectivity index (χ4v) is 1.10. The molecular formula is C10H13N3O2. The van der Waals surface area contributed by atoms with Crippen LogP contribution >= 0.6 is 0 Å². The predicted octanol–water partition coefficient (Wildman–Crippen LogP) is 1.51. The summed E-state index contributed by atoms with van der Waals surface area (Å²) in [4.78, 5) is 11.4. The summed E-state index contributed by atoms with van der Waals surface area (Å²) in [6.45, 7) is 5.85. The molecule has 0 spiro atoms. The molecule has 0 N–H and O–H groups in total. The molecular weight excluding hydrogens is 194 g/mol. The third-order valence-corrected chi connectivity index (χ3v) is 1.86. The van der Waals surface area contributed by atoms with Crippen LogP contribution in [0.2, 0.25) is 0 Å². The normalized spacial score (nSPS) is 10.1. The second kappa shape index (κ2) is 4.60. The van der Waals surface area contributed by atoms with Crippen molar-refractivity contribution in [2.24, 2.45) is 0 Å². The molecule has 5 heteroatoms. The van der Waals surface area contributed by atoms with Crippen LogP contribution < -0.4 is 0 Å². The molecule has 0 bridgehead atoms.